The Balaban J connectivity index is 3.66. The van der Waals surface area contributed by atoms with Crippen LogP contribution in [0.4, 0.5) is 0 Å². The Labute approximate surface area is 71.6 Å². The van der Waals surface area contributed by atoms with Crippen LogP contribution >= 0.6 is 0 Å². The van der Waals surface area contributed by atoms with Crippen LogP contribution in [-0.2, 0) is 14.3 Å². The third-order valence-electron chi connectivity index (χ3n) is 1.15. The van der Waals surface area contributed by atoms with Gasteiger partial charge in [0.15, 0.2) is 0 Å². The Kier molecular flexibility index (Phi) is 5.91. The molecule has 0 aromatic carbocycles. The quantitative estimate of drug-likeness (QED) is 0.357. The fourth-order valence-electron chi connectivity index (χ4n) is 0.568. The molecule has 0 aliphatic heterocycles. The van der Waals surface area contributed by atoms with Crippen molar-refractivity contribution >= 4 is 12.2 Å². The van der Waals surface area contributed by atoms with Crippen LogP contribution < -0.4 is 5.32 Å². The maximum absolute atomic E-state index is 10.9. The Hall–Kier alpha value is -1.16. The highest BCUT2D eigenvalue weighted by Crippen LogP contribution is 1.84. The minimum atomic E-state index is -0.267. The van der Waals surface area contributed by atoms with E-state index in [1.54, 1.807) is 14.0 Å². The fourth-order valence-corrected chi connectivity index (χ4v) is 0.568. The SMILES string of the molecule is COCCNC(=O)C=C(C)C=O. The molecular formula is C8H13NO3. The van der Waals surface area contributed by atoms with E-state index in [1.165, 1.54) is 6.08 Å². The number of amides is 1. The predicted molar refractivity (Wildman–Crippen MR) is 44.7 cm³/mol. The monoisotopic (exact) mass is 171 g/mol. The van der Waals surface area contributed by atoms with Crippen molar-refractivity contribution in [3.8, 4) is 0 Å². The Morgan fingerprint density at radius 1 is 1.58 bits per heavy atom. The van der Waals surface area contributed by atoms with E-state index in [1.807, 2.05) is 0 Å². The molecule has 0 aliphatic rings. The van der Waals surface area contributed by atoms with Gasteiger partial charge in [0, 0.05) is 19.7 Å². The zero-order valence-electron chi connectivity index (χ0n) is 7.29. The molecule has 0 rings (SSSR count). The first-order valence-electron chi connectivity index (χ1n) is 3.61. The maximum atomic E-state index is 10.9. The summed E-state index contributed by atoms with van der Waals surface area (Å²) in [7, 11) is 1.55. The first-order valence-corrected chi connectivity index (χ1v) is 3.61. The molecule has 0 aromatic heterocycles. The molecule has 0 atom stereocenters. The topological polar surface area (TPSA) is 55.4 Å². The van der Waals surface area contributed by atoms with Gasteiger partial charge in [-0.15, -0.1) is 0 Å². The lowest BCUT2D eigenvalue weighted by molar-refractivity contribution is -0.117. The summed E-state index contributed by atoms with van der Waals surface area (Å²) in [5, 5.41) is 2.55. The number of carbonyl (C=O) groups excluding carboxylic acids is 2. The van der Waals surface area contributed by atoms with Crippen LogP contribution in [0.5, 0.6) is 0 Å². The van der Waals surface area contributed by atoms with Gasteiger partial charge in [-0.05, 0) is 12.5 Å². The summed E-state index contributed by atoms with van der Waals surface area (Å²) in [6.07, 6.45) is 1.89. The second-order valence-electron chi connectivity index (χ2n) is 2.29. The zero-order valence-corrected chi connectivity index (χ0v) is 7.29. The van der Waals surface area contributed by atoms with Crippen LogP contribution in [0, 0.1) is 0 Å². The minimum absolute atomic E-state index is 0.267. The molecule has 0 aliphatic carbocycles. The van der Waals surface area contributed by atoms with E-state index in [2.05, 4.69) is 5.32 Å². The van der Waals surface area contributed by atoms with E-state index in [0.29, 0.717) is 25.0 Å². The number of hydrogen-bond donors (Lipinski definition) is 1. The third-order valence-corrected chi connectivity index (χ3v) is 1.15. The number of nitrogens with one attached hydrogen (secondary N) is 1. The number of aldehydes is 1. The van der Waals surface area contributed by atoms with Crippen molar-refractivity contribution in [1.29, 1.82) is 0 Å². The van der Waals surface area contributed by atoms with E-state index < -0.39 is 0 Å². The lowest BCUT2D eigenvalue weighted by Gasteiger charge is -1.99. The molecule has 0 fully saturated rings. The standard InChI is InChI=1S/C8H13NO3/c1-7(6-10)5-8(11)9-3-4-12-2/h5-6H,3-4H2,1-2H3,(H,9,11). The molecule has 4 nitrogen and oxygen atoms in total. The van der Waals surface area contributed by atoms with Gasteiger partial charge in [0.2, 0.25) is 5.91 Å². The third kappa shape index (κ3) is 5.61. The summed E-state index contributed by atoms with van der Waals surface area (Å²) >= 11 is 0. The number of carbonyl (C=O) groups is 2. The van der Waals surface area contributed by atoms with E-state index in [0.717, 1.165) is 0 Å². The van der Waals surface area contributed by atoms with Crippen LogP contribution in [0.25, 0.3) is 0 Å². The number of hydrogen-bond acceptors (Lipinski definition) is 3. The van der Waals surface area contributed by atoms with Gasteiger partial charge in [-0.25, -0.2) is 0 Å². The van der Waals surface area contributed by atoms with Crippen molar-refractivity contribution in [2.75, 3.05) is 20.3 Å². The molecule has 0 aromatic rings. The second kappa shape index (κ2) is 6.54. The highest BCUT2D eigenvalue weighted by molar-refractivity contribution is 5.93. The summed E-state index contributed by atoms with van der Waals surface area (Å²) in [5.41, 5.74) is 0.407. The highest BCUT2D eigenvalue weighted by atomic mass is 16.5. The average molecular weight is 171 g/mol. The summed E-state index contributed by atoms with van der Waals surface area (Å²) in [4.78, 5) is 21.0. The van der Waals surface area contributed by atoms with Gasteiger partial charge in [-0.3, -0.25) is 9.59 Å². The molecule has 4 heteroatoms. The summed E-state index contributed by atoms with van der Waals surface area (Å²) < 4.78 is 4.72. The van der Waals surface area contributed by atoms with Crippen molar-refractivity contribution in [3.05, 3.63) is 11.6 Å². The second-order valence-corrected chi connectivity index (χ2v) is 2.29. The lowest BCUT2D eigenvalue weighted by Crippen LogP contribution is -2.25. The molecular weight excluding hydrogens is 158 g/mol. The number of ether oxygens (including phenoxy) is 1. The highest BCUT2D eigenvalue weighted by Gasteiger charge is 1.95. The largest absolute Gasteiger partial charge is 0.383 e. The van der Waals surface area contributed by atoms with E-state index in [4.69, 9.17) is 4.74 Å². The fraction of sp³-hybridized carbons (Fsp3) is 0.500. The Morgan fingerprint density at radius 3 is 2.75 bits per heavy atom. The van der Waals surface area contributed by atoms with Crippen molar-refractivity contribution < 1.29 is 14.3 Å². The zero-order chi connectivity index (χ0) is 9.40. The minimum Gasteiger partial charge on any atom is -0.383 e. The van der Waals surface area contributed by atoms with E-state index in [-0.39, 0.29) is 5.91 Å². The summed E-state index contributed by atoms with van der Waals surface area (Å²) in [6.45, 7) is 2.50. The molecule has 0 spiro atoms. The molecule has 0 radical (unpaired) electrons. The van der Waals surface area contributed by atoms with Crippen LogP contribution in [0.15, 0.2) is 11.6 Å². The molecule has 68 valence electrons. The first kappa shape index (κ1) is 10.8. The molecule has 1 N–H and O–H groups in total. The number of allylic oxidation sites excluding steroid dienone is 1. The Bertz CT molecular complexity index is 187. The van der Waals surface area contributed by atoms with Gasteiger partial charge in [0.05, 0.1) is 6.61 Å². The van der Waals surface area contributed by atoms with E-state index >= 15 is 0 Å². The smallest absolute Gasteiger partial charge is 0.244 e. The van der Waals surface area contributed by atoms with Crippen LogP contribution in [0.3, 0.4) is 0 Å². The molecule has 0 unspecified atom stereocenters. The van der Waals surface area contributed by atoms with Crippen molar-refractivity contribution in [2.45, 2.75) is 6.92 Å². The van der Waals surface area contributed by atoms with Crippen LogP contribution in [0.2, 0.25) is 0 Å². The van der Waals surface area contributed by atoms with E-state index in [9.17, 15) is 9.59 Å². The molecule has 0 heterocycles. The molecule has 12 heavy (non-hydrogen) atoms. The van der Waals surface area contributed by atoms with Crippen molar-refractivity contribution in [3.63, 3.8) is 0 Å². The predicted octanol–water partition coefficient (Wildman–Crippen LogP) is -0.106. The summed E-state index contributed by atoms with van der Waals surface area (Å²) in [6, 6.07) is 0. The summed E-state index contributed by atoms with van der Waals surface area (Å²) in [5.74, 6) is -0.267. The van der Waals surface area contributed by atoms with Crippen LogP contribution in [-0.4, -0.2) is 32.5 Å². The van der Waals surface area contributed by atoms with Gasteiger partial charge < -0.3 is 10.1 Å². The molecule has 1 amide bonds. The molecule has 0 bridgehead atoms. The Morgan fingerprint density at radius 2 is 2.25 bits per heavy atom. The van der Waals surface area contributed by atoms with Gasteiger partial charge in [-0.1, -0.05) is 0 Å². The van der Waals surface area contributed by atoms with Crippen molar-refractivity contribution in [1.82, 2.24) is 5.32 Å². The lowest BCUT2D eigenvalue weighted by atomic mass is 10.3. The van der Waals surface area contributed by atoms with Gasteiger partial charge in [0.25, 0.3) is 0 Å². The van der Waals surface area contributed by atoms with Gasteiger partial charge >= 0.3 is 0 Å². The van der Waals surface area contributed by atoms with Gasteiger partial charge in [-0.2, -0.15) is 0 Å². The molecule has 0 saturated carbocycles. The van der Waals surface area contributed by atoms with Crippen molar-refractivity contribution in [2.24, 2.45) is 0 Å². The number of rotatable bonds is 5. The average Bonchev–Trinajstić information content (AvgIpc) is 2.05. The molecule has 0 saturated heterocycles. The first-order chi connectivity index (χ1) is 5.70. The van der Waals surface area contributed by atoms with Gasteiger partial charge in [0.1, 0.15) is 6.29 Å². The normalized spacial score (nSPS) is 11.0. The number of methoxy groups -OCH3 is 1. The maximum Gasteiger partial charge on any atom is 0.244 e. The van der Waals surface area contributed by atoms with Crippen LogP contribution in [0.1, 0.15) is 6.92 Å².